The quantitative estimate of drug-likeness (QED) is 0.103. The third-order valence-electron chi connectivity index (χ3n) is 17.2. The SMILES string of the molecule is CC[C@H]1OC(=O)[C@H](C)[C@@H](O[C@H]2C[C@@](C)(OC)[C@@H](O)[C@H](C)O2)[C@H](C)[C@@H](O[C@@H]2O[C@H](C)C[C@H](N(C)CCc3cn([C@H](CF)[C@H](OC)c4ccc(-c5ccc(COC)nc5)cc4)nn3)[C@H]2O)[C@](C)(O)C[C@@H](C)CN(C)[C@H](C)[C@@H](O)[C@]1(C)O. The molecule has 3 fully saturated rings. The van der Waals surface area contributed by atoms with E-state index in [0.29, 0.717) is 38.2 Å². The molecule has 0 aliphatic carbocycles. The molecule has 1 aromatic carbocycles. The van der Waals surface area contributed by atoms with Gasteiger partial charge in [0.05, 0.1) is 59.5 Å². The van der Waals surface area contributed by atoms with E-state index < -0.39 is 127 Å². The summed E-state index contributed by atoms with van der Waals surface area (Å²) in [6, 6.07) is 9.71. The maximum atomic E-state index is 15.0. The normalized spacial score (nSPS) is 37.5. The molecule has 20 atom stereocenters. The summed E-state index contributed by atoms with van der Waals surface area (Å²) in [6.07, 6.45) is -6.28. The maximum absolute atomic E-state index is 15.0. The number of esters is 1. The second-order valence-electron chi connectivity index (χ2n) is 23.6. The van der Waals surface area contributed by atoms with Gasteiger partial charge in [0, 0.05) is 83.2 Å². The first kappa shape index (κ1) is 64.5. The summed E-state index contributed by atoms with van der Waals surface area (Å²) >= 11 is 0. The number of methoxy groups -OCH3 is 3. The van der Waals surface area contributed by atoms with Crippen LogP contribution in [0.15, 0.2) is 48.8 Å². The van der Waals surface area contributed by atoms with Crippen LogP contribution < -0.4 is 0 Å². The van der Waals surface area contributed by atoms with Gasteiger partial charge in [0.1, 0.15) is 48.8 Å². The number of hydrogen-bond donors (Lipinski definition) is 5. The lowest BCUT2D eigenvalue weighted by molar-refractivity contribution is -0.318. The largest absolute Gasteiger partial charge is 0.459 e. The van der Waals surface area contributed by atoms with Gasteiger partial charge in [0.25, 0.3) is 0 Å². The molecule has 3 aliphatic rings. The number of hydrogen-bond acceptors (Lipinski definition) is 19. The Morgan fingerprint density at radius 1 is 0.911 bits per heavy atom. The number of carbonyl (C=O) groups is 1. The van der Waals surface area contributed by atoms with E-state index in [2.05, 4.69) is 15.3 Å². The molecule has 0 bridgehead atoms. The lowest BCUT2D eigenvalue weighted by Crippen LogP contribution is -2.61. The molecule has 3 saturated heterocycles. The van der Waals surface area contributed by atoms with E-state index in [-0.39, 0.29) is 25.2 Å². The van der Waals surface area contributed by atoms with Crippen molar-refractivity contribution >= 4 is 5.97 Å². The molecule has 5 N–H and O–H groups in total. The topological polar surface area (TPSA) is 242 Å². The monoisotopic (exact) mass is 1120 g/mol. The molecular weight excluding hydrogens is 1020 g/mol. The van der Waals surface area contributed by atoms with Gasteiger partial charge >= 0.3 is 5.97 Å². The molecule has 0 saturated carbocycles. The third-order valence-corrected chi connectivity index (χ3v) is 17.2. The number of pyridine rings is 1. The zero-order valence-electron chi connectivity index (χ0n) is 49.3. The van der Waals surface area contributed by atoms with Crippen LogP contribution in [0.1, 0.15) is 124 Å². The number of aromatic nitrogens is 4. The Labute approximate surface area is 467 Å². The van der Waals surface area contributed by atoms with Crippen LogP contribution in [0.2, 0.25) is 0 Å². The predicted molar refractivity (Wildman–Crippen MR) is 292 cm³/mol. The second kappa shape index (κ2) is 27.6. The summed E-state index contributed by atoms with van der Waals surface area (Å²) in [5.41, 5.74) is -0.532. The summed E-state index contributed by atoms with van der Waals surface area (Å²) in [5.74, 6) is -2.89. The minimum atomic E-state index is -1.86. The Balaban J connectivity index is 1.24. The number of benzene rings is 1. The van der Waals surface area contributed by atoms with Gasteiger partial charge in [-0.05, 0) is 105 Å². The minimum absolute atomic E-state index is 0.0811. The van der Waals surface area contributed by atoms with Crippen LogP contribution in [-0.4, -0.2) is 207 Å². The summed E-state index contributed by atoms with van der Waals surface area (Å²) in [5, 5.41) is 68.7. The van der Waals surface area contributed by atoms with Gasteiger partial charge in [0.15, 0.2) is 12.6 Å². The molecule has 0 radical (unpaired) electrons. The molecule has 0 spiro atoms. The zero-order chi connectivity index (χ0) is 58.3. The predicted octanol–water partition coefficient (Wildman–Crippen LogP) is 5.21. The first-order valence-electron chi connectivity index (χ1n) is 28.0. The number of carbonyl (C=O) groups excluding carboxylic acids is 1. The zero-order valence-corrected chi connectivity index (χ0v) is 49.3. The van der Waals surface area contributed by atoms with Crippen molar-refractivity contribution in [3.05, 3.63) is 65.7 Å². The molecule has 0 unspecified atom stereocenters. The molecular formula is C58H93FN6O14. The number of nitrogens with zero attached hydrogens (tertiary/aromatic N) is 6. The average molecular weight is 1120 g/mol. The Morgan fingerprint density at radius 2 is 1.59 bits per heavy atom. The highest BCUT2D eigenvalue weighted by Gasteiger charge is 2.53. The molecule has 6 rings (SSSR count). The number of ether oxygens (including phenoxy) is 8. The highest BCUT2D eigenvalue weighted by Crippen LogP contribution is 2.41. The number of halogens is 1. The summed E-state index contributed by atoms with van der Waals surface area (Å²) in [4.78, 5) is 22.9. The van der Waals surface area contributed by atoms with Gasteiger partial charge in [-0.1, -0.05) is 56.3 Å². The van der Waals surface area contributed by atoms with Gasteiger partial charge in [-0.25, -0.2) is 9.07 Å². The van der Waals surface area contributed by atoms with Crippen LogP contribution >= 0.6 is 0 Å². The summed E-state index contributed by atoms with van der Waals surface area (Å²) in [7, 11) is 8.38. The Kier molecular flexibility index (Phi) is 22.6. The van der Waals surface area contributed by atoms with Crippen molar-refractivity contribution in [2.24, 2.45) is 17.8 Å². The van der Waals surface area contributed by atoms with E-state index in [4.69, 9.17) is 37.9 Å². The van der Waals surface area contributed by atoms with E-state index in [0.717, 1.165) is 22.4 Å². The molecule has 21 heteroatoms. The van der Waals surface area contributed by atoms with Crippen molar-refractivity contribution in [3.63, 3.8) is 0 Å². The smallest absolute Gasteiger partial charge is 0.311 e. The maximum Gasteiger partial charge on any atom is 0.311 e. The Bertz CT molecular complexity index is 2350. The molecule has 5 heterocycles. The minimum Gasteiger partial charge on any atom is -0.459 e. The second-order valence-corrected chi connectivity index (χ2v) is 23.6. The first-order chi connectivity index (χ1) is 37.2. The molecule has 79 heavy (non-hydrogen) atoms. The number of alkyl halides is 1. The number of aliphatic hydroxyl groups excluding tert-OH is 3. The van der Waals surface area contributed by atoms with Gasteiger partial charge in [-0.15, -0.1) is 5.10 Å². The van der Waals surface area contributed by atoms with Crippen molar-refractivity contribution in [1.82, 2.24) is 29.8 Å². The first-order valence-corrected chi connectivity index (χ1v) is 28.0. The third kappa shape index (κ3) is 15.1. The van der Waals surface area contributed by atoms with Crippen molar-refractivity contribution < 1.29 is 72.6 Å². The van der Waals surface area contributed by atoms with E-state index in [1.165, 1.54) is 25.8 Å². The standard InChI is InChI=1S/C58H93FN6O14/c1-16-46-58(10,71)51(67)37(6)64(12)30-33(2)26-56(8,70)53(35(4)49(36(5)54(69)77-46)78-47-27-57(9,74-15)52(68)38(7)76-47)79-55-48(66)44(25-34(3)75-55)63(11)24-23-42-31-65(62-61-42)45(28-59)50(73-14)40-19-17-39(18-20-40)41-21-22-43(32-72-13)60-29-41/h17-22,29,31,33-38,44-53,55,66-68,70-71H,16,23-28,30,32H2,1-15H3/t33-,34-,35+,36-,37-,38+,44+,45-,46-,47+,48-,49+,50-,51-,52+,53-,55+,56-,57-,58-/m1/s1. The van der Waals surface area contributed by atoms with E-state index in [1.807, 2.05) is 74.1 Å². The summed E-state index contributed by atoms with van der Waals surface area (Å²) < 4.78 is 66.0. The molecule has 3 aliphatic heterocycles. The van der Waals surface area contributed by atoms with Crippen molar-refractivity contribution in [1.29, 1.82) is 0 Å². The number of aliphatic hydroxyl groups is 5. The van der Waals surface area contributed by atoms with Crippen LogP contribution in [0.4, 0.5) is 4.39 Å². The number of cyclic esters (lactones) is 1. The van der Waals surface area contributed by atoms with Crippen LogP contribution in [-0.2, 0) is 55.7 Å². The average Bonchev–Trinajstić information content (AvgIpc) is 3.95. The van der Waals surface area contributed by atoms with Gasteiger partial charge < -0.3 is 73.2 Å². The summed E-state index contributed by atoms with van der Waals surface area (Å²) in [6.45, 7) is 17.9. The molecule has 446 valence electrons. The van der Waals surface area contributed by atoms with E-state index >= 15 is 4.39 Å². The number of likely N-dealkylation sites (N-methyl/N-ethyl adjacent to an activating group) is 2. The molecule has 2 aromatic heterocycles. The highest BCUT2D eigenvalue weighted by molar-refractivity contribution is 5.73. The van der Waals surface area contributed by atoms with Crippen molar-refractivity contribution in [3.8, 4) is 11.1 Å². The van der Waals surface area contributed by atoms with E-state index in [1.54, 1.807) is 68.0 Å². The fourth-order valence-electron chi connectivity index (χ4n) is 12.2. The molecule has 0 amide bonds. The lowest BCUT2D eigenvalue weighted by Gasteiger charge is -2.49. The van der Waals surface area contributed by atoms with Gasteiger partial charge in [-0.2, -0.15) is 0 Å². The van der Waals surface area contributed by atoms with Gasteiger partial charge in [-0.3, -0.25) is 9.78 Å². The van der Waals surface area contributed by atoms with Crippen LogP contribution in [0.3, 0.4) is 0 Å². The fourth-order valence-corrected chi connectivity index (χ4v) is 12.2. The Morgan fingerprint density at radius 3 is 2.20 bits per heavy atom. The fraction of sp³-hybridized carbons (Fsp3) is 0.759. The van der Waals surface area contributed by atoms with E-state index in [9.17, 15) is 30.3 Å². The van der Waals surface area contributed by atoms with Crippen molar-refractivity contribution in [2.75, 3.05) is 55.2 Å². The Hall–Kier alpha value is -3.65. The highest BCUT2D eigenvalue weighted by atomic mass is 19.1. The van der Waals surface area contributed by atoms with Crippen LogP contribution in [0.5, 0.6) is 0 Å². The van der Waals surface area contributed by atoms with Crippen molar-refractivity contribution in [2.45, 2.75) is 210 Å². The lowest BCUT2D eigenvalue weighted by atomic mass is 9.77. The van der Waals surface area contributed by atoms with Crippen LogP contribution in [0.25, 0.3) is 11.1 Å². The van der Waals surface area contributed by atoms with Gasteiger partial charge in [0.2, 0.25) is 0 Å². The molecule has 20 nitrogen and oxygen atoms in total. The van der Waals surface area contributed by atoms with Crippen LogP contribution in [0, 0.1) is 17.8 Å². The molecule has 3 aromatic rings. The number of rotatable bonds is 18.